The van der Waals surface area contributed by atoms with Crippen LogP contribution in [0.3, 0.4) is 0 Å². The van der Waals surface area contributed by atoms with E-state index in [0.717, 1.165) is 24.9 Å². The van der Waals surface area contributed by atoms with Crippen molar-refractivity contribution in [1.82, 2.24) is 0 Å². The second kappa shape index (κ2) is 7.69. The molecule has 1 aliphatic heterocycles. The number of nitrogens with one attached hydrogen (secondary N) is 1. The van der Waals surface area contributed by atoms with E-state index < -0.39 is 17.8 Å². The van der Waals surface area contributed by atoms with Crippen molar-refractivity contribution in [3.05, 3.63) is 71.8 Å². The highest BCUT2D eigenvalue weighted by Gasteiger charge is 2.51. The molecular weight excluding hydrogens is 392 g/mol. The highest BCUT2D eigenvalue weighted by atomic mass is 16.4. The lowest BCUT2D eigenvalue weighted by Crippen LogP contribution is -2.36. The van der Waals surface area contributed by atoms with Gasteiger partial charge in [0.1, 0.15) is 0 Å². The lowest BCUT2D eigenvalue weighted by atomic mass is 9.82. The first-order chi connectivity index (χ1) is 15.0. The number of anilines is 2. The Bertz CT molecular complexity index is 1080. The molecule has 6 nitrogen and oxygen atoms in total. The topological polar surface area (TPSA) is 86.7 Å². The van der Waals surface area contributed by atoms with E-state index in [-0.39, 0.29) is 23.7 Å². The third kappa shape index (κ3) is 3.42. The first-order valence-electron chi connectivity index (χ1n) is 10.7. The largest absolute Gasteiger partial charge is 0.481 e. The number of hydrogen-bond donors (Lipinski definition) is 2. The lowest BCUT2D eigenvalue weighted by Gasteiger charge is -2.29. The number of aryl methyl sites for hydroxylation is 1. The SMILES string of the molecule is O=C(O)[C@@H]1[C@@H](C(=O)Nc2ccc(C(=O)N3CCCc4ccccc43)cc2)[C@H]2C=C[C@@H]1C2. The molecule has 0 unspecified atom stereocenters. The first kappa shape index (κ1) is 19.5. The number of para-hydroxylation sites is 1. The number of nitrogens with zero attached hydrogens (tertiary/aromatic N) is 1. The van der Waals surface area contributed by atoms with Crippen LogP contribution in [0.1, 0.15) is 28.8 Å². The number of fused-ring (bicyclic) bond motifs is 3. The molecule has 1 saturated carbocycles. The average molecular weight is 416 g/mol. The zero-order valence-electron chi connectivity index (χ0n) is 17.0. The third-order valence-electron chi connectivity index (χ3n) is 6.80. The van der Waals surface area contributed by atoms with Gasteiger partial charge in [-0.3, -0.25) is 14.4 Å². The summed E-state index contributed by atoms with van der Waals surface area (Å²) in [5.74, 6) is -2.56. The summed E-state index contributed by atoms with van der Waals surface area (Å²) < 4.78 is 0. The highest BCUT2D eigenvalue weighted by Crippen LogP contribution is 2.48. The molecule has 3 aliphatic rings. The van der Waals surface area contributed by atoms with Crippen molar-refractivity contribution in [2.75, 3.05) is 16.8 Å². The minimum Gasteiger partial charge on any atom is -0.481 e. The van der Waals surface area contributed by atoms with Crippen LogP contribution >= 0.6 is 0 Å². The number of amides is 2. The molecule has 1 fully saturated rings. The van der Waals surface area contributed by atoms with Crippen LogP contribution in [-0.4, -0.2) is 29.4 Å². The lowest BCUT2D eigenvalue weighted by molar-refractivity contribution is -0.146. The van der Waals surface area contributed by atoms with Crippen LogP contribution in [0.15, 0.2) is 60.7 Å². The average Bonchev–Trinajstić information content (AvgIpc) is 3.41. The van der Waals surface area contributed by atoms with E-state index in [1.807, 2.05) is 35.3 Å². The van der Waals surface area contributed by atoms with E-state index >= 15 is 0 Å². The van der Waals surface area contributed by atoms with Crippen molar-refractivity contribution in [2.24, 2.45) is 23.7 Å². The van der Waals surface area contributed by atoms with Crippen LogP contribution in [0, 0.1) is 23.7 Å². The van der Waals surface area contributed by atoms with Gasteiger partial charge in [0.25, 0.3) is 5.91 Å². The Hall–Kier alpha value is -3.41. The molecule has 2 amide bonds. The molecule has 2 aliphatic carbocycles. The molecule has 0 saturated heterocycles. The van der Waals surface area contributed by atoms with Crippen LogP contribution < -0.4 is 10.2 Å². The van der Waals surface area contributed by atoms with Crippen molar-refractivity contribution in [3.8, 4) is 0 Å². The van der Waals surface area contributed by atoms with Crippen LogP contribution in [0.5, 0.6) is 0 Å². The van der Waals surface area contributed by atoms with Gasteiger partial charge < -0.3 is 15.3 Å². The van der Waals surface area contributed by atoms with Gasteiger partial charge in [-0.1, -0.05) is 30.4 Å². The maximum atomic E-state index is 13.1. The van der Waals surface area contributed by atoms with Crippen molar-refractivity contribution in [1.29, 1.82) is 0 Å². The molecule has 2 bridgehead atoms. The number of carbonyl (C=O) groups excluding carboxylic acids is 2. The van der Waals surface area contributed by atoms with Gasteiger partial charge in [-0.15, -0.1) is 0 Å². The molecule has 0 radical (unpaired) electrons. The van der Waals surface area contributed by atoms with Crippen LogP contribution in [0.4, 0.5) is 11.4 Å². The minimum absolute atomic E-state index is 0.0221. The van der Waals surface area contributed by atoms with E-state index in [9.17, 15) is 19.5 Å². The van der Waals surface area contributed by atoms with E-state index in [1.165, 1.54) is 5.56 Å². The van der Waals surface area contributed by atoms with Gasteiger partial charge in [-0.05, 0) is 67.0 Å². The van der Waals surface area contributed by atoms with Crippen molar-refractivity contribution in [3.63, 3.8) is 0 Å². The fourth-order valence-corrected chi connectivity index (χ4v) is 5.34. The summed E-state index contributed by atoms with van der Waals surface area (Å²) in [7, 11) is 0. The molecule has 0 spiro atoms. The van der Waals surface area contributed by atoms with E-state index in [1.54, 1.807) is 24.3 Å². The minimum atomic E-state index is -0.917. The van der Waals surface area contributed by atoms with Crippen LogP contribution in [0.25, 0.3) is 0 Å². The molecule has 158 valence electrons. The number of carboxylic acids is 1. The second-order valence-electron chi connectivity index (χ2n) is 8.59. The molecule has 0 aromatic heterocycles. The number of carbonyl (C=O) groups is 3. The van der Waals surface area contributed by atoms with Gasteiger partial charge in [-0.25, -0.2) is 0 Å². The number of benzene rings is 2. The monoisotopic (exact) mass is 416 g/mol. The maximum Gasteiger partial charge on any atom is 0.307 e. The fraction of sp³-hybridized carbons (Fsp3) is 0.320. The van der Waals surface area contributed by atoms with Gasteiger partial charge in [0, 0.05) is 23.5 Å². The number of rotatable bonds is 4. The van der Waals surface area contributed by atoms with Gasteiger partial charge >= 0.3 is 5.97 Å². The summed E-state index contributed by atoms with van der Waals surface area (Å²) in [5.41, 5.74) is 3.26. The summed E-state index contributed by atoms with van der Waals surface area (Å²) in [6, 6.07) is 14.8. The molecule has 6 heteroatoms. The molecule has 2 aromatic rings. The summed E-state index contributed by atoms with van der Waals surface area (Å²) in [6.45, 7) is 0.683. The van der Waals surface area contributed by atoms with Crippen LogP contribution in [-0.2, 0) is 16.0 Å². The quantitative estimate of drug-likeness (QED) is 0.744. The van der Waals surface area contributed by atoms with Gasteiger partial charge in [0.15, 0.2) is 0 Å². The molecule has 2 N–H and O–H groups in total. The normalized spacial score (nSPS) is 25.9. The Morgan fingerprint density at radius 3 is 2.39 bits per heavy atom. The van der Waals surface area contributed by atoms with E-state index in [2.05, 4.69) is 11.4 Å². The van der Waals surface area contributed by atoms with Crippen molar-refractivity contribution >= 4 is 29.2 Å². The smallest absolute Gasteiger partial charge is 0.307 e. The summed E-state index contributed by atoms with van der Waals surface area (Å²) >= 11 is 0. The number of hydrogen-bond acceptors (Lipinski definition) is 3. The number of carboxylic acid groups (broad SMARTS) is 1. The van der Waals surface area contributed by atoms with E-state index in [4.69, 9.17) is 0 Å². The van der Waals surface area contributed by atoms with Gasteiger partial charge in [0.05, 0.1) is 11.8 Å². The third-order valence-corrected chi connectivity index (χ3v) is 6.80. The number of allylic oxidation sites excluding steroid dienone is 2. The highest BCUT2D eigenvalue weighted by molar-refractivity contribution is 6.07. The predicted molar refractivity (Wildman–Crippen MR) is 117 cm³/mol. The van der Waals surface area contributed by atoms with Crippen molar-refractivity contribution in [2.45, 2.75) is 19.3 Å². The summed E-state index contributed by atoms with van der Waals surface area (Å²) in [4.78, 5) is 39.4. The Labute approximate surface area is 180 Å². The Kier molecular flexibility index (Phi) is 4.85. The van der Waals surface area contributed by atoms with Crippen molar-refractivity contribution < 1.29 is 19.5 Å². The Morgan fingerprint density at radius 1 is 0.935 bits per heavy atom. The molecule has 5 rings (SSSR count). The first-order valence-corrected chi connectivity index (χ1v) is 10.7. The molecular formula is C25H24N2O4. The van der Waals surface area contributed by atoms with Gasteiger partial charge in [0.2, 0.25) is 5.91 Å². The summed E-state index contributed by atoms with van der Waals surface area (Å²) in [5, 5.41) is 12.4. The Morgan fingerprint density at radius 2 is 1.65 bits per heavy atom. The summed E-state index contributed by atoms with van der Waals surface area (Å²) in [6.07, 6.45) is 6.51. The predicted octanol–water partition coefficient (Wildman–Crippen LogP) is 3.74. The molecule has 1 heterocycles. The zero-order valence-corrected chi connectivity index (χ0v) is 17.0. The fourth-order valence-electron chi connectivity index (χ4n) is 5.34. The molecule has 31 heavy (non-hydrogen) atoms. The van der Waals surface area contributed by atoms with Gasteiger partial charge in [-0.2, -0.15) is 0 Å². The Balaban J connectivity index is 1.30. The van der Waals surface area contributed by atoms with Crippen LogP contribution in [0.2, 0.25) is 0 Å². The molecule has 4 atom stereocenters. The second-order valence-corrected chi connectivity index (χ2v) is 8.59. The maximum absolute atomic E-state index is 13.1. The molecule has 2 aromatic carbocycles. The van der Waals surface area contributed by atoms with E-state index in [0.29, 0.717) is 17.8 Å². The number of aliphatic carboxylic acids is 1. The zero-order chi connectivity index (χ0) is 21.5. The standard InChI is InChI=1S/C25H24N2O4/c28-23(21-17-7-8-18(14-17)22(21)25(30)31)26-19-11-9-16(10-12-19)24(29)27-13-3-5-15-4-1-2-6-20(15)27/h1-2,4,6-12,17-18,21-22H,3,5,13-14H2,(H,26,28)(H,30,31)/t17-,18+,21-,22-/m0/s1.